The van der Waals surface area contributed by atoms with Crippen LogP contribution >= 0.6 is 24.0 Å². The van der Waals surface area contributed by atoms with Gasteiger partial charge in [-0.2, -0.15) is 0 Å². The van der Waals surface area contributed by atoms with Gasteiger partial charge >= 0.3 is 0 Å². The molecule has 0 bridgehead atoms. The van der Waals surface area contributed by atoms with Gasteiger partial charge in [-0.15, -0.1) is 0 Å². The van der Waals surface area contributed by atoms with Crippen LogP contribution in [-0.4, -0.2) is 26.9 Å². The van der Waals surface area contributed by atoms with Crippen molar-refractivity contribution in [2.24, 2.45) is 5.92 Å². The zero-order valence-electron chi connectivity index (χ0n) is 15.4. The SMILES string of the molecule is CC(C)CN1C(=O)[C@@H](Cc2ccc(OCc3ccccc3F)cc2)SC1=S. The summed E-state index contributed by atoms with van der Waals surface area (Å²) in [5, 5.41) is -0.165. The first-order valence-corrected chi connectivity index (χ1v) is 10.2. The molecule has 0 aromatic heterocycles. The van der Waals surface area contributed by atoms with Gasteiger partial charge in [0.25, 0.3) is 0 Å². The number of rotatable bonds is 7. The summed E-state index contributed by atoms with van der Waals surface area (Å²) in [5.74, 6) is 0.882. The Balaban J connectivity index is 1.57. The van der Waals surface area contributed by atoms with Crippen LogP contribution in [0.5, 0.6) is 5.75 Å². The van der Waals surface area contributed by atoms with Crippen LogP contribution in [0.4, 0.5) is 4.39 Å². The monoisotopic (exact) mass is 403 g/mol. The van der Waals surface area contributed by atoms with Crippen molar-refractivity contribution in [2.75, 3.05) is 6.54 Å². The van der Waals surface area contributed by atoms with Crippen molar-refractivity contribution < 1.29 is 13.9 Å². The van der Waals surface area contributed by atoms with E-state index in [4.69, 9.17) is 17.0 Å². The number of thioether (sulfide) groups is 1. The van der Waals surface area contributed by atoms with Gasteiger partial charge < -0.3 is 4.74 Å². The molecular weight excluding hydrogens is 381 g/mol. The smallest absolute Gasteiger partial charge is 0.241 e. The lowest BCUT2D eigenvalue weighted by Gasteiger charge is -2.17. The molecule has 6 heteroatoms. The molecule has 142 valence electrons. The minimum Gasteiger partial charge on any atom is -0.489 e. The van der Waals surface area contributed by atoms with E-state index >= 15 is 0 Å². The van der Waals surface area contributed by atoms with Crippen molar-refractivity contribution in [3.63, 3.8) is 0 Å². The molecule has 1 amide bonds. The maximum atomic E-state index is 13.6. The maximum Gasteiger partial charge on any atom is 0.241 e. The number of ether oxygens (including phenoxy) is 1. The van der Waals surface area contributed by atoms with Crippen LogP contribution in [0.3, 0.4) is 0 Å². The van der Waals surface area contributed by atoms with Crippen molar-refractivity contribution >= 4 is 34.2 Å². The van der Waals surface area contributed by atoms with Crippen molar-refractivity contribution in [3.8, 4) is 5.75 Å². The Hall–Kier alpha value is -1.92. The van der Waals surface area contributed by atoms with Crippen LogP contribution in [0.15, 0.2) is 48.5 Å². The van der Waals surface area contributed by atoms with Gasteiger partial charge in [-0.1, -0.05) is 68.2 Å². The minimum atomic E-state index is -0.271. The third-order valence-corrected chi connectivity index (χ3v) is 5.83. The Bertz CT molecular complexity index is 823. The average molecular weight is 404 g/mol. The number of amides is 1. The summed E-state index contributed by atoms with van der Waals surface area (Å²) in [7, 11) is 0. The van der Waals surface area contributed by atoms with Gasteiger partial charge in [0.1, 0.15) is 22.5 Å². The normalized spacial score (nSPS) is 17.0. The second kappa shape index (κ2) is 8.85. The topological polar surface area (TPSA) is 29.5 Å². The highest BCUT2D eigenvalue weighted by molar-refractivity contribution is 8.24. The van der Waals surface area contributed by atoms with E-state index in [1.54, 1.807) is 23.1 Å². The van der Waals surface area contributed by atoms with Gasteiger partial charge in [0.2, 0.25) is 5.91 Å². The second-order valence-corrected chi connectivity index (χ2v) is 8.78. The summed E-state index contributed by atoms with van der Waals surface area (Å²) in [6.07, 6.45) is 0.631. The number of nitrogens with zero attached hydrogens (tertiary/aromatic N) is 1. The highest BCUT2D eigenvalue weighted by atomic mass is 32.2. The number of halogens is 1. The third-order valence-electron chi connectivity index (χ3n) is 4.25. The molecular formula is C21H22FNO2S2. The molecule has 2 aromatic carbocycles. The van der Waals surface area contributed by atoms with Gasteiger partial charge in [-0.3, -0.25) is 9.69 Å². The van der Waals surface area contributed by atoms with E-state index in [9.17, 15) is 9.18 Å². The summed E-state index contributed by atoms with van der Waals surface area (Å²) < 4.78 is 20.0. The quantitative estimate of drug-likeness (QED) is 0.619. The van der Waals surface area contributed by atoms with Crippen molar-refractivity contribution in [1.82, 2.24) is 4.90 Å². The van der Waals surface area contributed by atoms with Gasteiger partial charge in [0, 0.05) is 12.1 Å². The van der Waals surface area contributed by atoms with Crippen molar-refractivity contribution in [3.05, 3.63) is 65.5 Å². The molecule has 0 unspecified atom stereocenters. The molecule has 1 atom stereocenters. The molecule has 1 heterocycles. The Labute approximate surface area is 168 Å². The minimum absolute atomic E-state index is 0.0959. The third kappa shape index (κ3) is 5.08. The van der Waals surface area contributed by atoms with Crippen molar-refractivity contribution in [1.29, 1.82) is 0 Å². The Morgan fingerprint density at radius 3 is 2.56 bits per heavy atom. The largest absolute Gasteiger partial charge is 0.489 e. The van der Waals surface area contributed by atoms with Crippen molar-refractivity contribution in [2.45, 2.75) is 32.1 Å². The van der Waals surface area contributed by atoms with E-state index in [0.717, 1.165) is 5.56 Å². The summed E-state index contributed by atoms with van der Waals surface area (Å²) in [6.45, 7) is 5.01. The summed E-state index contributed by atoms with van der Waals surface area (Å²) >= 11 is 6.83. The van der Waals surface area contributed by atoms with Gasteiger partial charge in [-0.25, -0.2) is 4.39 Å². The summed E-state index contributed by atoms with van der Waals surface area (Å²) in [5.41, 5.74) is 1.57. The van der Waals surface area contributed by atoms with Crippen LogP contribution < -0.4 is 4.74 Å². The van der Waals surface area contributed by atoms with E-state index < -0.39 is 0 Å². The van der Waals surface area contributed by atoms with E-state index in [1.807, 2.05) is 24.3 Å². The molecule has 1 aliphatic heterocycles. The predicted octanol–water partition coefficient (Wildman–Crippen LogP) is 4.83. The fourth-order valence-electron chi connectivity index (χ4n) is 2.87. The Morgan fingerprint density at radius 1 is 1.19 bits per heavy atom. The number of benzene rings is 2. The molecule has 27 heavy (non-hydrogen) atoms. The second-order valence-electron chi connectivity index (χ2n) is 6.94. The number of hydrogen-bond donors (Lipinski definition) is 0. The number of carbonyl (C=O) groups excluding carboxylic acids is 1. The number of carbonyl (C=O) groups is 1. The maximum absolute atomic E-state index is 13.6. The first kappa shape index (κ1) is 19.8. The first-order valence-electron chi connectivity index (χ1n) is 8.91. The van der Waals surface area contributed by atoms with E-state index in [1.165, 1.54) is 17.8 Å². The van der Waals surface area contributed by atoms with Crippen LogP contribution in [0.25, 0.3) is 0 Å². The van der Waals surface area contributed by atoms with Crippen LogP contribution in [0, 0.1) is 11.7 Å². The van der Waals surface area contributed by atoms with E-state index in [0.29, 0.717) is 34.5 Å². The van der Waals surface area contributed by atoms with Crippen LogP contribution in [-0.2, 0) is 17.8 Å². The van der Waals surface area contributed by atoms with Crippen LogP contribution in [0.1, 0.15) is 25.0 Å². The average Bonchev–Trinajstić information content (AvgIpc) is 2.89. The Kier molecular flexibility index (Phi) is 6.50. The fourth-order valence-corrected chi connectivity index (χ4v) is 4.42. The van der Waals surface area contributed by atoms with Gasteiger partial charge in [0.15, 0.2) is 0 Å². The lowest BCUT2D eigenvalue weighted by atomic mass is 10.1. The molecule has 0 spiro atoms. The molecule has 3 rings (SSSR count). The lowest BCUT2D eigenvalue weighted by Crippen LogP contribution is -2.34. The highest BCUT2D eigenvalue weighted by Crippen LogP contribution is 2.31. The van der Waals surface area contributed by atoms with E-state index in [2.05, 4.69) is 13.8 Å². The standard InChI is InChI=1S/C21H22FNO2S2/c1-14(2)12-23-20(24)19(27-21(23)26)11-15-7-9-17(10-8-15)25-13-16-5-3-4-6-18(16)22/h3-10,14,19H,11-13H2,1-2H3/t19-/m1/s1. The lowest BCUT2D eigenvalue weighted by molar-refractivity contribution is -0.126. The Morgan fingerprint density at radius 2 is 1.89 bits per heavy atom. The molecule has 1 fully saturated rings. The zero-order chi connectivity index (χ0) is 19.4. The molecule has 0 saturated carbocycles. The molecule has 0 radical (unpaired) electrons. The first-order chi connectivity index (χ1) is 12.9. The van der Waals surface area contributed by atoms with Gasteiger partial charge in [-0.05, 0) is 36.1 Å². The highest BCUT2D eigenvalue weighted by Gasteiger charge is 2.36. The molecule has 1 saturated heterocycles. The van der Waals surface area contributed by atoms with Crippen LogP contribution in [0.2, 0.25) is 0 Å². The predicted molar refractivity (Wildman–Crippen MR) is 111 cm³/mol. The molecule has 1 aliphatic rings. The number of hydrogen-bond acceptors (Lipinski definition) is 4. The fraction of sp³-hybridized carbons (Fsp3) is 0.333. The molecule has 0 aliphatic carbocycles. The molecule has 0 N–H and O–H groups in total. The zero-order valence-corrected chi connectivity index (χ0v) is 17.0. The molecule has 2 aromatic rings. The van der Waals surface area contributed by atoms with E-state index in [-0.39, 0.29) is 23.6 Å². The summed E-state index contributed by atoms with van der Waals surface area (Å²) in [4.78, 5) is 14.3. The summed E-state index contributed by atoms with van der Waals surface area (Å²) in [6, 6.07) is 14.2. The van der Waals surface area contributed by atoms with Gasteiger partial charge in [0.05, 0.1) is 5.25 Å². The number of thiocarbonyl (C=S) groups is 1. The molecule has 3 nitrogen and oxygen atoms in total.